The van der Waals surface area contributed by atoms with Gasteiger partial charge in [-0.2, -0.15) is 0 Å². The van der Waals surface area contributed by atoms with Crippen LogP contribution in [0.1, 0.15) is 37.6 Å². The van der Waals surface area contributed by atoms with Gasteiger partial charge in [0.15, 0.2) is 0 Å². The summed E-state index contributed by atoms with van der Waals surface area (Å²) in [5.41, 5.74) is 0.873. The summed E-state index contributed by atoms with van der Waals surface area (Å²) in [6.07, 6.45) is 1.05. The van der Waals surface area contributed by atoms with Crippen molar-refractivity contribution in [1.29, 1.82) is 0 Å². The summed E-state index contributed by atoms with van der Waals surface area (Å²) in [5, 5.41) is 5.28. The Bertz CT molecular complexity index is 587. The number of rotatable bonds is 4. The van der Waals surface area contributed by atoms with E-state index in [0.29, 0.717) is 6.54 Å². The Labute approximate surface area is 114 Å². The summed E-state index contributed by atoms with van der Waals surface area (Å²) in [6, 6.07) is 13.9. The van der Waals surface area contributed by atoms with Gasteiger partial charge in [-0.15, -0.1) is 0 Å². The molecule has 1 N–H and O–H groups in total. The second-order valence-electron chi connectivity index (χ2n) is 5.76. The Morgan fingerprint density at radius 2 is 1.79 bits per heavy atom. The van der Waals surface area contributed by atoms with Crippen LogP contribution in [0.2, 0.25) is 0 Å². The van der Waals surface area contributed by atoms with E-state index in [1.807, 2.05) is 36.4 Å². The highest BCUT2D eigenvalue weighted by atomic mass is 16.1. The molecule has 0 unspecified atom stereocenters. The van der Waals surface area contributed by atoms with Crippen LogP contribution in [0.25, 0.3) is 10.8 Å². The fourth-order valence-corrected chi connectivity index (χ4v) is 1.88. The summed E-state index contributed by atoms with van der Waals surface area (Å²) in [6.45, 7) is 7.17. The maximum atomic E-state index is 12.1. The Kier molecular flexibility index (Phi) is 3.89. The Morgan fingerprint density at radius 3 is 2.47 bits per heavy atom. The zero-order chi connectivity index (χ0) is 13.9. The largest absolute Gasteiger partial charge is 0.352 e. The van der Waals surface area contributed by atoms with Gasteiger partial charge in [-0.25, -0.2) is 0 Å². The maximum Gasteiger partial charge on any atom is 0.251 e. The smallest absolute Gasteiger partial charge is 0.251 e. The third-order valence-corrected chi connectivity index (χ3v) is 3.70. The fourth-order valence-electron chi connectivity index (χ4n) is 1.88. The first-order valence-corrected chi connectivity index (χ1v) is 6.79. The van der Waals surface area contributed by atoms with Gasteiger partial charge in [0, 0.05) is 12.1 Å². The second kappa shape index (κ2) is 5.43. The molecule has 2 rings (SSSR count). The van der Waals surface area contributed by atoms with Crippen molar-refractivity contribution in [3.05, 3.63) is 48.0 Å². The summed E-state index contributed by atoms with van der Waals surface area (Å²) < 4.78 is 0. The zero-order valence-electron chi connectivity index (χ0n) is 11.9. The van der Waals surface area contributed by atoms with Gasteiger partial charge in [0.25, 0.3) is 5.91 Å². The van der Waals surface area contributed by atoms with Crippen molar-refractivity contribution in [3.63, 3.8) is 0 Å². The number of carbonyl (C=O) groups is 1. The molecule has 0 aliphatic rings. The molecule has 0 aromatic heterocycles. The lowest BCUT2D eigenvalue weighted by Gasteiger charge is -2.22. The van der Waals surface area contributed by atoms with Crippen molar-refractivity contribution in [2.45, 2.75) is 27.2 Å². The molecule has 19 heavy (non-hydrogen) atoms. The van der Waals surface area contributed by atoms with Gasteiger partial charge in [-0.3, -0.25) is 4.79 Å². The molecular weight excluding hydrogens is 234 g/mol. The normalized spacial score (nSPS) is 11.5. The molecule has 0 heterocycles. The van der Waals surface area contributed by atoms with E-state index in [-0.39, 0.29) is 11.3 Å². The topological polar surface area (TPSA) is 29.1 Å². The van der Waals surface area contributed by atoms with Crippen molar-refractivity contribution in [2.75, 3.05) is 6.54 Å². The molecule has 100 valence electrons. The standard InChI is InChI=1S/C17H21NO/c1-4-17(2,3)12-18-16(19)15-10-9-13-7-5-6-8-14(13)11-15/h5-11H,4,12H2,1-3H3,(H,18,19). The lowest BCUT2D eigenvalue weighted by atomic mass is 9.90. The van der Waals surface area contributed by atoms with Crippen LogP contribution >= 0.6 is 0 Å². The Hall–Kier alpha value is -1.83. The van der Waals surface area contributed by atoms with E-state index >= 15 is 0 Å². The lowest BCUT2D eigenvalue weighted by molar-refractivity contribution is 0.0936. The summed E-state index contributed by atoms with van der Waals surface area (Å²) >= 11 is 0. The fraction of sp³-hybridized carbons (Fsp3) is 0.353. The molecule has 2 aromatic carbocycles. The summed E-state index contributed by atoms with van der Waals surface area (Å²) in [7, 11) is 0. The number of fused-ring (bicyclic) bond motifs is 1. The van der Waals surface area contributed by atoms with Crippen molar-refractivity contribution in [1.82, 2.24) is 5.32 Å². The van der Waals surface area contributed by atoms with Crippen LogP contribution in [-0.4, -0.2) is 12.5 Å². The summed E-state index contributed by atoms with van der Waals surface area (Å²) in [4.78, 5) is 12.1. The number of carbonyl (C=O) groups excluding carboxylic acids is 1. The average molecular weight is 255 g/mol. The maximum absolute atomic E-state index is 12.1. The highest BCUT2D eigenvalue weighted by molar-refractivity contribution is 5.98. The molecule has 0 fully saturated rings. The lowest BCUT2D eigenvalue weighted by Crippen LogP contribution is -2.33. The summed E-state index contributed by atoms with van der Waals surface area (Å²) in [5.74, 6) is 0.00674. The molecule has 2 nitrogen and oxygen atoms in total. The van der Waals surface area contributed by atoms with Crippen LogP contribution in [0.5, 0.6) is 0 Å². The third kappa shape index (κ3) is 3.34. The van der Waals surface area contributed by atoms with E-state index in [2.05, 4.69) is 32.2 Å². The van der Waals surface area contributed by atoms with E-state index < -0.39 is 0 Å². The SMILES string of the molecule is CCC(C)(C)CNC(=O)c1ccc2ccccc2c1. The molecule has 0 aliphatic heterocycles. The molecule has 0 radical (unpaired) electrons. The Morgan fingerprint density at radius 1 is 1.11 bits per heavy atom. The zero-order valence-corrected chi connectivity index (χ0v) is 11.9. The molecule has 0 saturated heterocycles. The van der Waals surface area contributed by atoms with E-state index in [1.165, 1.54) is 0 Å². The predicted octanol–water partition coefficient (Wildman–Crippen LogP) is 4.01. The van der Waals surface area contributed by atoms with Crippen LogP contribution in [0, 0.1) is 5.41 Å². The van der Waals surface area contributed by atoms with Gasteiger partial charge in [-0.1, -0.05) is 51.1 Å². The van der Waals surface area contributed by atoms with Crippen LogP contribution in [0.4, 0.5) is 0 Å². The highest BCUT2D eigenvalue weighted by Gasteiger charge is 2.16. The average Bonchev–Trinajstić information content (AvgIpc) is 2.44. The van der Waals surface area contributed by atoms with Gasteiger partial charge >= 0.3 is 0 Å². The molecule has 0 bridgehead atoms. The molecule has 2 heteroatoms. The Balaban J connectivity index is 2.13. The quantitative estimate of drug-likeness (QED) is 0.878. The molecule has 0 saturated carbocycles. The first-order valence-electron chi connectivity index (χ1n) is 6.79. The van der Waals surface area contributed by atoms with E-state index in [0.717, 1.165) is 22.8 Å². The van der Waals surface area contributed by atoms with Crippen molar-refractivity contribution >= 4 is 16.7 Å². The molecule has 0 aliphatic carbocycles. The first-order chi connectivity index (χ1) is 9.02. The van der Waals surface area contributed by atoms with Crippen LogP contribution in [0.3, 0.4) is 0 Å². The highest BCUT2D eigenvalue weighted by Crippen LogP contribution is 2.19. The molecule has 1 amide bonds. The number of benzene rings is 2. The predicted molar refractivity (Wildman–Crippen MR) is 80.4 cm³/mol. The molecule has 2 aromatic rings. The number of hydrogen-bond donors (Lipinski definition) is 1. The third-order valence-electron chi connectivity index (χ3n) is 3.70. The van der Waals surface area contributed by atoms with Crippen LogP contribution < -0.4 is 5.32 Å². The van der Waals surface area contributed by atoms with E-state index in [1.54, 1.807) is 0 Å². The monoisotopic (exact) mass is 255 g/mol. The second-order valence-corrected chi connectivity index (χ2v) is 5.76. The van der Waals surface area contributed by atoms with E-state index in [9.17, 15) is 4.79 Å². The van der Waals surface area contributed by atoms with Gasteiger partial charge in [0.1, 0.15) is 0 Å². The molecular formula is C17H21NO. The van der Waals surface area contributed by atoms with Gasteiger partial charge in [0.05, 0.1) is 0 Å². The van der Waals surface area contributed by atoms with E-state index in [4.69, 9.17) is 0 Å². The van der Waals surface area contributed by atoms with Crippen molar-refractivity contribution in [2.24, 2.45) is 5.41 Å². The van der Waals surface area contributed by atoms with Gasteiger partial charge < -0.3 is 5.32 Å². The van der Waals surface area contributed by atoms with Crippen LogP contribution in [-0.2, 0) is 0 Å². The molecule has 0 atom stereocenters. The number of nitrogens with one attached hydrogen (secondary N) is 1. The minimum atomic E-state index is 0.00674. The van der Waals surface area contributed by atoms with Gasteiger partial charge in [0.2, 0.25) is 0 Å². The van der Waals surface area contributed by atoms with Crippen molar-refractivity contribution < 1.29 is 4.79 Å². The number of hydrogen-bond acceptors (Lipinski definition) is 1. The van der Waals surface area contributed by atoms with Crippen LogP contribution in [0.15, 0.2) is 42.5 Å². The van der Waals surface area contributed by atoms with Crippen molar-refractivity contribution in [3.8, 4) is 0 Å². The first kappa shape index (κ1) is 13.6. The minimum absolute atomic E-state index is 0.00674. The number of amides is 1. The molecule has 0 spiro atoms. The van der Waals surface area contributed by atoms with Gasteiger partial charge in [-0.05, 0) is 34.7 Å². The minimum Gasteiger partial charge on any atom is -0.352 e.